The van der Waals surface area contributed by atoms with E-state index < -0.39 is 0 Å². The quantitative estimate of drug-likeness (QED) is 0.460. The number of halogens is 1. The highest BCUT2D eigenvalue weighted by atomic mass is 35.5. The van der Waals surface area contributed by atoms with Gasteiger partial charge in [0, 0.05) is 28.5 Å². The summed E-state index contributed by atoms with van der Waals surface area (Å²) in [7, 11) is 0. The molecule has 1 N–H and O–H groups in total. The second-order valence-corrected chi connectivity index (χ2v) is 11.9. The number of hydrogen-bond acceptors (Lipinski definition) is 4. The molecule has 3 rings (SSSR count). The van der Waals surface area contributed by atoms with Crippen molar-refractivity contribution < 1.29 is 14.3 Å². The summed E-state index contributed by atoms with van der Waals surface area (Å²) in [6, 6.07) is 7.27. The van der Waals surface area contributed by atoms with Gasteiger partial charge in [0.05, 0.1) is 6.04 Å². The first kappa shape index (κ1) is 27.3. The van der Waals surface area contributed by atoms with E-state index >= 15 is 0 Å². The average molecular weight is 520 g/mol. The topological polar surface area (TPSA) is 61.9 Å². The van der Waals surface area contributed by atoms with Crippen LogP contribution in [-0.4, -0.2) is 53.5 Å². The molecule has 6 nitrogen and oxygen atoms in total. The van der Waals surface area contributed by atoms with E-state index in [2.05, 4.69) is 30.6 Å². The Morgan fingerprint density at radius 1 is 1.31 bits per heavy atom. The minimum Gasteiger partial charge on any atom is -0.491 e. The number of urea groups is 1. The van der Waals surface area contributed by atoms with E-state index in [1.807, 2.05) is 50.8 Å². The van der Waals surface area contributed by atoms with Crippen LogP contribution in [0.5, 0.6) is 5.75 Å². The van der Waals surface area contributed by atoms with Gasteiger partial charge in [0.15, 0.2) is 0 Å². The number of fused-ring (bicyclic) bond motifs is 1. The molecule has 3 amide bonds. The number of nitrogens with zero attached hydrogens (tertiary/aromatic N) is 2. The Labute approximate surface area is 218 Å². The largest absolute Gasteiger partial charge is 0.491 e. The summed E-state index contributed by atoms with van der Waals surface area (Å²) in [6.45, 7) is 13.5. The van der Waals surface area contributed by atoms with Gasteiger partial charge in [0.2, 0.25) is 5.91 Å². The Bertz CT molecular complexity index is 1030. The predicted molar refractivity (Wildman–Crippen MR) is 143 cm³/mol. The number of carbonyl (C=O) groups is 2. The molecule has 0 aliphatic carbocycles. The minimum atomic E-state index is -0.377. The van der Waals surface area contributed by atoms with Crippen molar-refractivity contribution in [3.63, 3.8) is 0 Å². The van der Waals surface area contributed by atoms with Crippen LogP contribution in [0, 0.1) is 12.8 Å². The Morgan fingerprint density at radius 3 is 2.71 bits per heavy atom. The molecular weight excluding hydrogens is 482 g/mol. The molecule has 1 aliphatic rings. The maximum Gasteiger partial charge on any atom is 0.318 e. The molecule has 35 heavy (non-hydrogen) atoms. The summed E-state index contributed by atoms with van der Waals surface area (Å²) in [6.07, 6.45) is 1.75. The first-order chi connectivity index (χ1) is 16.5. The van der Waals surface area contributed by atoms with Crippen LogP contribution in [0.15, 0.2) is 29.6 Å². The number of benzene rings is 1. The van der Waals surface area contributed by atoms with E-state index in [0.29, 0.717) is 30.6 Å². The first-order valence-electron chi connectivity index (χ1n) is 12.3. The summed E-state index contributed by atoms with van der Waals surface area (Å²) < 4.78 is 6.15. The standard InChI is InChI=1S/C27H38ClN3O3S/c1-7-18(2)15-30(26(33)29-27(4,5)6)16-25(32)31-12-10-24-21(11-13-35-24)23(31)17-34-20-8-9-22(28)19(3)14-20/h8-9,11,13-14,18,23H,7,10,12,15-17H2,1-6H3,(H,29,33)/t18-,23-/m1/s1. The molecule has 0 bridgehead atoms. The molecule has 0 saturated carbocycles. The van der Waals surface area contributed by atoms with Gasteiger partial charge in [-0.15, -0.1) is 11.3 Å². The fourth-order valence-corrected chi connectivity index (χ4v) is 5.18. The van der Waals surface area contributed by atoms with Gasteiger partial charge in [-0.05, 0) is 80.8 Å². The molecule has 0 radical (unpaired) electrons. The molecule has 1 aromatic carbocycles. The van der Waals surface area contributed by atoms with E-state index in [4.69, 9.17) is 16.3 Å². The summed E-state index contributed by atoms with van der Waals surface area (Å²) in [5.41, 5.74) is 1.70. The fraction of sp³-hybridized carbons (Fsp3) is 0.556. The number of carbonyl (C=O) groups excluding carboxylic acids is 2. The minimum absolute atomic E-state index is 0.0439. The molecule has 1 aliphatic heterocycles. The van der Waals surface area contributed by atoms with Crippen LogP contribution in [-0.2, 0) is 11.2 Å². The van der Waals surface area contributed by atoms with E-state index in [9.17, 15) is 9.59 Å². The van der Waals surface area contributed by atoms with Crippen molar-refractivity contribution >= 4 is 34.9 Å². The monoisotopic (exact) mass is 519 g/mol. The lowest BCUT2D eigenvalue weighted by molar-refractivity contribution is -0.135. The zero-order valence-corrected chi connectivity index (χ0v) is 23.3. The number of amides is 3. The zero-order valence-electron chi connectivity index (χ0n) is 21.7. The van der Waals surface area contributed by atoms with Gasteiger partial charge in [-0.1, -0.05) is 31.9 Å². The first-order valence-corrected chi connectivity index (χ1v) is 13.6. The lowest BCUT2D eigenvalue weighted by Crippen LogP contribution is -2.53. The van der Waals surface area contributed by atoms with Crippen LogP contribution >= 0.6 is 22.9 Å². The molecule has 192 valence electrons. The van der Waals surface area contributed by atoms with Gasteiger partial charge in [-0.25, -0.2) is 4.79 Å². The van der Waals surface area contributed by atoms with Gasteiger partial charge in [-0.2, -0.15) is 0 Å². The molecule has 0 saturated heterocycles. The van der Waals surface area contributed by atoms with E-state index in [0.717, 1.165) is 29.7 Å². The lowest BCUT2D eigenvalue weighted by atomic mass is 10.00. The zero-order chi connectivity index (χ0) is 25.8. The highest BCUT2D eigenvalue weighted by Crippen LogP contribution is 2.34. The third kappa shape index (κ3) is 7.37. The third-order valence-electron chi connectivity index (χ3n) is 6.28. The second-order valence-electron chi connectivity index (χ2n) is 10.4. The van der Waals surface area contributed by atoms with E-state index in [1.54, 1.807) is 16.2 Å². The highest BCUT2D eigenvalue weighted by Gasteiger charge is 2.34. The van der Waals surface area contributed by atoms with E-state index in [-0.39, 0.29) is 30.1 Å². The second kappa shape index (κ2) is 11.7. The molecule has 1 aromatic heterocycles. The Balaban J connectivity index is 1.78. The van der Waals surface area contributed by atoms with Crippen LogP contribution < -0.4 is 10.1 Å². The molecular formula is C27H38ClN3O3S. The Morgan fingerprint density at radius 2 is 2.06 bits per heavy atom. The van der Waals surface area contributed by atoms with Crippen LogP contribution in [0.25, 0.3) is 0 Å². The van der Waals surface area contributed by atoms with Crippen LogP contribution in [0.4, 0.5) is 4.79 Å². The van der Waals surface area contributed by atoms with E-state index in [1.165, 1.54) is 4.88 Å². The molecule has 2 aromatic rings. The summed E-state index contributed by atoms with van der Waals surface area (Å²) >= 11 is 7.88. The highest BCUT2D eigenvalue weighted by molar-refractivity contribution is 7.10. The number of nitrogens with one attached hydrogen (secondary N) is 1. The number of aryl methyl sites for hydroxylation is 1. The normalized spacial score (nSPS) is 16.4. The van der Waals surface area contributed by atoms with Crippen molar-refractivity contribution in [2.24, 2.45) is 5.92 Å². The van der Waals surface area contributed by atoms with Crippen molar-refractivity contribution in [3.05, 3.63) is 50.7 Å². The van der Waals surface area contributed by atoms with Crippen molar-refractivity contribution in [1.82, 2.24) is 15.1 Å². The molecule has 0 fully saturated rings. The molecule has 2 heterocycles. The summed E-state index contributed by atoms with van der Waals surface area (Å²) in [4.78, 5) is 31.5. The van der Waals surface area contributed by atoms with Crippen molar-refractivity contribution in [1.29, 1.82) is 0 Å². The van der Waals surface area contributed by atoms with Crippen LogP contribution in [0.3, 0.4) is 0 Å². The van der Waals surface area contributed by atoms with Crippen molar-refractivity contribution in [3.8, 4) is 5.75 Å². The lowest BCUT2D eigenvalue weighted by Gasteiger charge is -2.38. The average Bonchev–Trinajstić information content (AvgIpc) is 3.27. The van der Waals surface area contributed by atoms with Gasteiger partial charge in [0.25, 0.3) is 0 Å². The van der Waals surface area contributed by atoms with Crippen molar-refractivity contribution in [2.75, 3.05) is 26.2 Å². The number of hydrogen-bond donors (Lipinski definition) is 1. The number of ether oxygens (including phenoxy) is 1. The maximum atomic E-state index is 13.6. The molecule has 8 heteroatoms. The van der Waals surface area contributed by atoms with Crippen molar-refractivity contribution in [2.45, 2.75) is 66.0 Å². The SMILES string of the molecule is CC[C@@H](C)CN(CC(=O)N1CCc2sccc2[C@H]1COc1ccc(Cl)c(C)c1)C(=O)NC(C)(C)C. The van der Waals surface area contributed by atoms with Gasteiger partial charge in [-0.3, -0.25) is 4.79 Å². The smallest absolute Gasteiger partial charge is 0.318 e. The van der Waals surface area contributed by atoms with Gasteiger partial charge >= 0.3 is 6.03 Å². The fourth-order valence-electron chi connectivity index (χ4n) is 4.14. The Hall–Kier alpha value is -2.25. The third-order valence-corrected chi connectivity index (χ3v) is 7.70. The molecule has 2 atom stereocenters. The summed E-state index contributed by atoms with van der Waals surface area (Å²) in [5.74, 6) is 0.963. The Kier molecular flexibility index (Phi) is 9.11. The number of thiophene rings is 1. The van der Waals surface area contributed by atoms with Crippen LogP contribution in [0.1, 0.15) is 63.1 Å². The van der Waals surface area contributed by atoms with Gasteiger partial charge in [0.1, 0.15) is 18.9 Å². The summed E-state index contributed by atoms with van der Waals surface area (Å²) in [5, 5.41) is 5.79. The van der Waals surface area contributed by atoms with Gasteiger partial charge < -0.3 is 19.9 Å². The molecule has 0 unspecified atom stereocenters. The maximum absolute atomic E-state index is 13.6. The predicted octanol–water partition coefficient (Wildman–Crippen LogP) is 6.07. The number of rotatable bonds is 8. The van der Waals surface area contributed by atoms with Crippen LogP contribution in [0.2, 0.25) is 5.02 Å². The molecule has 0 spiro atoms.